The van der Waals surface area contributed by atoms with Gasteiger partial charge in [0.2, 0.25) is 0 Å². The lowest BCUT2D eigenvalue weighted by Gasteiger charge is -2.31. The number of fused-ring (bicyclic) bond motifs is 2. The van der Waals surface area contributed by atoms with Crippen molar-refractivity contribution in [1.29, 1.82) is 0 Å². The van der Waals surface area contributed by atoms with Crippen LogP contribution >= 0.6 is 0 Å². The van der Waals surface area contributed by atoms with Crippen LogP contribution in [-0.4, -0.2) is 12.7 Å². The largest absolute Gasteiger partial charge is 0.374 e. The van der Waals surface area contributed by atoms with Crippen LogP contribution in [0.2, 0.25) is 0 Å². The van der Waals surface area contributed by atoms with E-state index < -0.39 is 0 Å². The predicted molar refractivity (Wildman–Crippen MR) is 57.0 cm³/mol. The van der Waals surface area contributed by atoms with Crippen LogP contribution in [0.25, 0.3) is 0 Å². The van der Waals surface area contributed by atoms with Crippen molar-refractivity contribution in [2.75, 3.05) is 6.61 Å². The molecule has 0 saturated heterocycles. The molecule has 0 aromatic heterocycles. The number of allylic oxidation sites excluding steroid dienone is 2. The molecule has 2 aliphatic carbocycles. The van der Waals surface area contributed by atoms with Crippen LogP contribution in [0.1, 0.15) is 26.2 Å². The van der Waals surface area contributed by atoms with E-state index in [1.54, 1.807) is 0 Å². The Labute approximate surface area is 85.8 Å². The molecule has 14 heavy (non-hydrogen) atoms. The fraction of sp³-hybridized carbons (Fsp3) is 0.692. The van der Waals surface area contributed by atoms with Crippen LogP contribution in [0.4, 0.5) is 0 Å². The lowest BCUT2D eigenvalue weighted by molar-refractivity contribution is 0.0120. The second-order valence-corrected chi connectivity index (χ2v) is 5.07. The van der Waals surface area contributed by atoms with Crippen molar-refractivity contribution in [3.8, 4) is 0 Å². The summed E-state index contributed by atoms with van der Waals surface area (Å²) < 4.78 is 5.87. The van der Waals surface area contributed by atoms with E-state index in [0.717, 1.165) is 24.4 Å². The molecule has 1 heterocycles. The third-order valence-corrected chi connectivity index (χ3v) is 4.07. The summed E-state index contributed by atoms with van der Waals surface area (Å²) in [6.07, 6.45) is 11.5. The van der Waals surface area contributed by atoms with Crippen LogP contribution in [0.3, 0.4) is 0 Å². The Bertz CT molecular complexity index is 290. The maximum atomic E-state index is 5.87. The molecule has 0 amide bonds. The van der Waals surface area contributed by atoms with Crippen LogP contribution in [0.5, 0.6) is 0 Å². The SMILES string of the molecule is CC1=CCOC(C2CC3C=CC2C3)C1. The molecule has 1 aliphatic heterocycles. The van der Waals surface area contributed by atoms with Gasteiger partial charge in [0.15, 0.2) is 0 Å². The van der Waals surface area contributed by atoms with Crippen molar-refractivity contribution < 1.29 is 4.74 Å². The molecule has 0 radical (unpaired) electrons. The fourth-order valence-corrected chi connectivity index (χ4v) is 3.30. The summed E-state index contributed by atoms with van der Waals surface area (Å²) in [5.41, 5.74) is 1.52. The van der Waals surface area contributed by atoms with E-state index in [1.165, 1.54) is 24.8 Å². The number of hydrogen-bond acceptors (Lipinski definition) is 1. The fourth-order valence-electron chi connectivity index (χ4n) is 3.30. The molecule has 1 saturated carbocycles. The monoisotopic (exact) mass is 190 g/mol. The molecule has 3 rings (SSSR count). The van der Waals surface area contributed by atoms with Crippen LogP contribution in [-0.2, 0) is 4.74 Å². The zero-order valence-corrected chi connectivity index (χ0v) is 8.78. The lowest BCUT2D eigenvalue weighted by Crippen LogP contribution is -2.29. The summed E-state index contributed by atoms with van der Waals surface area (Å²) in [6, 6.07) is 0. The van der Waals surface area contributed by atoms with E-state index in [1.807, 2.05) is 0 Å². The molecular formula is C13H18O. The van der Waals surface area contributed by atoms with E-state index in [2.05, 4.69) is 25.2 Å². The van der Waals surface area contributed by atoms with Crippen LogP contribution < -0.4 is 0 Å². The van der Waals surface area contributed by atoms with Gasteiger partial charge in [0.05, 0.1) is 12.7 Å². The number of hydrogen-bond donors (Lipinski definition) is 0. The van der Waals surface area contributed by atoms with Gasteiger partial charge in [-0.3, -0.25) is 0 Å². The average molecular weight is 190 g/mol. The first-order valence-electron chi connectivity index (χ1n) is 5.78. The Morgan fingerprint density at radius 3 is 2.86 bits per heavy atom. The van der Waals surface area contributed by atoms with Crippen molar-refractivity contribution in [3.05, 3.63) is 23.8 Å². The summed E-state index contributed by atoms with van der Waals surface area (Å²) in [5, 5.41) is 0. The summed E-state index contributed by atoms with van der Waals surface area (Å²) in [6.45, 7) is 3.08. The first-order chi connectivity index (χ1) is 6.83. The molecule has 0 N–H and O–H groups in total. The van der Waals surface area contributed by atoms with Gasteiger partial charge < -0.3 is 4.74 Å². The van der Waals surface area contributed by atoms with E-state index >= 15 is 0 Å². The molecule has 3 aliphatic rings. The van der Waals surface area contributed by atoms with Crippen LogP contribution in [0, 0.1) is 17.8 Å². The molecule has 76 valence electrons. The lowest BCUT2D eigenvalue weighted by atomic mass is 9.85. The van der Waals surface area contributed by atoms with Gasteiger partial charge in [0.1, 0.15) is 0 Å². The molecule has 0 spiro atoms. The van der Waals surface area contributed by atoms with E-state index in [4.69, 9.17) is 4.74 Å². The second kappa shape index (κ2) is 3.23. The average Bonchev–Trinajstić information content (AvgIpc) is 2.78. The molecule has 4 unspecified atom stereocenters. The summed E-state index contributed by atoms with van der Waals surface area (Å²) in [4.78, 5) is 0. The van der Waals surface area contributed by atoms with Gasteiger partial charge in [-0.1, -0.05) is 23.8 Å². The Morgan fingerprint density at radius 1 is 1.29 bits per heavy atom. The topological polar surface area (TPSA) is 9.23 Å². The molecule has 0 aromatic carbocycles. The molecule has 1 heteroatoms. The summed E-state index contributed by atoms with van der Waals surface area (Å²) in [5.74, 6) is 2.52. The molecular weight excluding hydrogens is 172 g/mol. The van der Waals surface area contributed by atoms with Crippen molar-refractivity contribution in [1.82, 2.24) is 0 Å². The standard InChI is InChI=1S/C13H18O/c1-9-4-5-14-13(6-9)12-8-10-2-3-11(12)7-10/h2-4,10-13H,5-8H2,1H3. The Balaban J connectivity index is 1.72. The highest BCUT2D eigenvalue weighted by atomic mass is 16.5. The molecule has 0 aromatic rings. The van der Waals surface area contributed by atoms with Crippen molar-refractivity contribution in [2.45, 2.75) is 32.3 Å². The minimum atomic E-state index is 0.514. The van der Waals surface area contributed by atoms with Gasteiger partial charge in [0.25, 0.3) is 0 Å². The summed E-state index contributed by atoms with van der Waals surface area (Å²) >= 11 is 0. The summed E-state index contributed by atoms with van der Waals surface area (Å²) in [7, 11) is 0. The Hall–Kier alpha value is -0.560. The van der Waals surface area contributed by atoms with Gasteiger partial charge in [-0.25, -0.2) is 0 Å². The Morgan fingerprint density at radius 2 is 2.21 bits per heavy atom. The van der Waals surface area contributed by atoms with E-state index in [9.17, 15) is 0 Å². The van der Waals surface area contributed by atoms with Gasteiger partial charge in [-0.05, 0) is 43.9 Å². The van der Waals surface area contributed by atoms with Crippen molar-refractivity contribution >= 4 is 0 Å². The molecule has 4 atom stereocenters. The first-order valence-corrected chi connectivity index (χ1v) is 5.78. The number of rotatable bonds is 1. The van der Waals surface area contributed by atoms with Crippen molar-refractivity contribution in [2.24, 2.45) is 17.8 Å². The third kappa shape index (κ3) is 1.35. The third-order valence-electron chi connectivity index (χ3n) is 4.07. The minimum absolute atomic E-state index is 0.514. The quantitative estimate of drug-likeness (QED) is 0.578. The van der Waals surface area contributed by atoms with Gasteiger partial charge >= 0.3 is 0 Å². The van der Waals surface area contributed by atoms with Gasteiger partial charge in [-0.2, -0.15) is 0 Å². The zero-order chi connectivity index (χ0) is 9.54. The highest BCUT2D eigenvalue weighted by molar-refractivity contribution is 5.14. The molecule has 2 bridgehead atoms. The van der Waals surface area contributed by atoms with Crippen LogP contribution in [0.15, 0.2) is 23.8 Å². The van der Waals surface area contributed by atoms with Gasteiger partial charge in [0, 0.05) is 0 Å². The normalized spacial score (nSPS) is 45.6. The zero-order valence-electron chi connectivity index (χ0n) is 8.78. The highest BCUT2D eigenvalue weighted by Crippen LogP contribution is 2.46. The second-order valence-electron chi connectivity index (χ2n) is 5.07. The minimum Gasteiger partial charge on any atom is -0.374 e. The maximum absolute atomic E-state index is 5.87. The smallest absolute Gasteiger partial charge is 0.0654 e. The number of ether oxygens (including phenoxy) is 1. The van der Waals surface area contributed by atoms with E-state index in [-0.39, 0.29) is 0 Å². The van der Waals surface area contributed by atoms with E-state index in [0.29, 0.717) is 6.10 Å². The first kappa shape index (κ1) is 8.72. The van der Waals surface area contributed by atoms with Crippen molar-refractivity contribution in [3.63, 3.8) is 0 Å². The Kier molecular flexibility index (Phi) is 2.01. The van der Waals surface area contributed by atoms with Gasteiger partial charge in [-0.15, -0.1) is 0 Å². The predicted octanol–water partition coefficient (Wildman–Crippen LogP) is 2.93. The molecule has 1 fully saturated rings. The maximum Gasteiger partial charge on any atom is 0.0654 e. The highest BCUT2D eigenvalue weighted by Gasteiger charge is 2.40. The molecule has 1 nitrogen and oxygen atoms in total.